The van der Waals surface area contributed by atoms with E-state index in [1.165, 1.54) is 5.56 Å². The van der Waals surface area contributed by atoms with E-state index in [-0.39, 0.29) is 11.4 Å². The van der Waals surface area contributed by atoms with E-state index in [2.05, 4.69) is 49.3 Å². The number of rotatable bonds is 11. The Labute approximate surface area is 210 Å². The predicted molar refractivity (Wildman–Crippen MR) is 142 cm³/mol. The van der Waals surface area contributed by atoms with Crippen molar-refractivity contribution in [3.63, 3.8) is 0 Å². The highest BCUT2D eigenvalue weighted by Crippen LogP contribution is 2.29. The molecule has 0 saturated heterocycles. The highest BCUT2D eigenvalue weighted by molar-refractivity contribution is 5.95. The summed E-state index contributed by atoms with van der Waals surface area (Å²) in [4.78, 5) is 17.7. The van der Waals surface area contributed by atoms with Crippen LogP contribution in [-0.2, 0) is 16.0 Å². The van der Waals surface area contributed by atoms with Gasteiger partial charge in [-0.25, -0.2) is 4.99 Å². The number of carbonyl (C=O) groups excluding carboxylic acids is 1. The Kier molecular flexibility index (Phi) is 8.47. The van der Waals surface area contributed by atoms with Crippen molar-refractivity contribution in [3.8, 4) is 11.5 Å². The standard InChI is InChI=1S/C29H40N2O4/c1-20-9-10-21(2)25(17-20)34-16-8-15-28(3,4)27(32)30-23-12-13-24(33-7)22(18-23)11-14-26-31-29(5,6)19-35-26/h9-10,12-13,17-18H,8,11,14-16,19H2,1-7H3,(H,30,32). The third-order valence-corrected chi connectivity index (χ3v) is 6.33. The molecule has 1 aliphatic heterocycles. The lowest BCUT2D eigenvalue weighted by Gasteiger charge is -2.24. The summed E-state index contributed by atoms with van der Waals surface area (Å²) in [6.07, 6.45) is 2.93. The van der Waals surface area contributed by atoms with E-state index < -0.39 is 5.41 Å². The number of aryl methyl sites for hydroxylation is 3. The average Bonchev–Trinajstić information content (AvgIpc) is 3.16. The minimum absolute atomic E-state index is 0.00870. The van der Waals surface area contributed by atoms with E-state index in [1.54, 1.807) is 7.11 Å². The molecule has 0 unspecified atom stereocenters. The Bertz CT molecular complexity index is 1070. The molecule has 0 radical (unpaired) electrons. The van der Waals surface area contributed by atoms with Crippen molar-refractivity contribution < 1.29 is 19.0 Å². The molecular formula is C29H40N2O4. The second kappa shape index (κ2) is 11.1. The largest absolute Gasteiger partial charge is 0.496 e. The van der Waals surface area contributed by atoms with Gasteiger partial charge in [-0.2, -0.15) is 0 Å². The van der Waals surface area contributed by atoms with Gasteiger partial charge < -0.3 is 19.5 Å². The number of benzene rings is 2. The van der Waals surface area contributed by atoms with Crippen LogP contribution in [0.5, 0.6) is 11.5 Å². The molecule has 3 rings (SSSR count). The molecule has 1 N–H and O–H groups in total. The molecule has 0 saturated carbocycles. The van der Waals surface area contributed by atoms with Gasteiger partial charge in [0.2, 0.25) is 5.91 Å². The van der Waals surface area contributed by atoms with Crippen LogP contribution in [0.3, 0.4) is 0 Å². The van der Waals surface area contributed by atoms with E-state index in [9.17, 15) is 4.79 Å². The SMILES string of the molecule is COc1ccc(NC(=O)C(C)(C)CCCOc2cc(C)ccc2C)cc1CCC1=NC(C)(C)CO1. The van der Waals surface area contributed by atoms with Gasteiger partial charge in [-0.3, -0.25) is 4.79 Å². The Morgan fingerprint density at radius 2 is 1.89 bits per heavy atom. The van der Waals surface area contributed by atoms with E-state index in [0.717, 1.165) is 53.5 Å². The summed E-state index contributed by atoms with van der Waals surface area (Å²) < 4.78 is 17.2. The summed E-state index contributed by atoms with van der Waals surface area (Å²) in [5.41, 5.74) is 3.39. The van der Waals surface area contributed by atoms with Crippen LogP contribution < -0.4 is 14.8 Å². The fourth-order valence-electron chi connectivity index (χ4n) is 4.06. The molecule has 0 aliphatic carbocycles. The van der Waals surface area contributed by atoms with Crippen molar-refractivity contribution in [3.05, 3.63) is 53.1 Å². The van der Waals surface area contributed by atoms with Crippen LogP contribution in [0.2, 0.25) is 0 Å². The highest BCUT2D eigenvalue weighted by atomic mass is 16.5. The molecular weight excluding hydrogens is 440 g/mol. The molecule has 1 heterocycles. The average molecular weight is 481 g/mol. The van der Waals surface area contributed by atoms with Gasteiger partial charge in [0.25, 0.3) is 0 Å². The van der Waals surface area contributed by atoms with Crippen molar-refractivity contribution in [2.45, 2.75) is 72.8 Å². The number of aliphatic imine (C=N–C) groups is 1. The molecule has 6 nitrogen and oxygen atoms in total. The number of nitrogens with zero attached hydrogens (tertiary/aromatic N) is 1. The molecule has 0 spiro atoms. The molecule has 0 aromatic heterocycles. The van der Waals surface area contributed by atoms with Gasteiger partial charge in [0, 0.05) is 17.5 Å². The summed E-state index contributed by atoms with van der Waals surface area (Å²) in [7, 11) is 1.66. The van der Waals surface area contributed by atoms with Gasteiger partial charge in [0.1, 0.15) is 18.1 Å². The van der Waals surface area contributed by atoms with Crippen molar-refractivity contribution >= 4 is 17.5 Å². The van der Waals surface area contributed by atoms with Crippen LogP contribution in [0.25, 0.3) is 0 Å². The fourth-order valence-corrected chi connectivity index (χ4v) is 4.06. The Morgan fingerprint density at radius 3 is 2.57 bits per heavy atom. The first-order chi connectivity index (χ1) is 16.5. The Morgan fingerprint density at radius 1 is 1.11 bits per heavy atom. The lowest BCUT2D eigenvalue weighted by molar-refractivity contribution is -0.124. The second-order valence-corrected chi connectivity index (χ2v) is 10.7. The molecule has 1 amide bonds. The number of ether oxygens (including phenoxy) is 3. The minimum Gasteiger partial charge on any atom is -0.496 e. The first-order valence-corrected chi connectivity index (χ1v) is 12.4. The summed E-state index contributed by atoms with van der Waals surface area (Å²) in [5.74, 6) is 2.47. The van der Waals surface area contributed by atoms with Crippen LogP contribution >= 0.6 is 0 Å². The Balaban J connectivity index is 1.55. The van der Waals surface area contributed by atoms with Crippen LogP contribution in [0.4, 0.5) is 5.69 Å². The summed E-state index contributed by atoms with van der Waals surface area (Å²) >= 11 is 0. The number of hydrogen-bond acceptors (Lipinski definition) is 5. The Hall–Kier alpha value is -3.02. The predicted octanol–water partition coefficient (Wildman–Crippen LogP) is 6.28. The van der Waals surface area contributed by atoms with Crippen LogP contribution in [-0.4, -0.2) is 37.7 Å². The molecule has 0 bridgehead atoms. The topological polar surface area (TPSA) is 69.2 Å². The van der Waals surface area contributed by atoms with E-state index in [0.29, 0.717) is 19.6 Å². The van der Waals surface area contributed by atoms with Gasteiger partial charge in [0.05, 0.1) is 19.3 Å². The van der Waals surface area contributed by atoms with Gasteiger partial charge in [0.15, 0.2) is 5.90 Å². The number of carbonyl (C=O) groups is 1. The zero-order valence-electron chi connectivity index (χ0n) is 22.3. The summed E-state index contributed by atoms with van der Waals surface area (Å²) in [6, 6.07) is 12.0. The number of methoxy groups -OCH3 is 1. The van der Waals surface area contributed by atoms with Crippen LogP contribution in [0.1, 0.15) is 63.6 Å². The van der Waals surface area contributed by atoms with E-state index >= 15 is 0 Å². The van der Waals surface area contributed by atoms with Crippen LogP contribution in [0.15, 0.2) is 41.4 Å². The third-order valence-electron chi connectivity index (χ3n) is 6.33. The third kappa shape index (κ3) is 7.48. The maximum atomic E-state index is 13.1. The smallest absolute Gasteiger partial charge is 0.230 e. The lowest BCUT2D eigenvalue weighted by Crippen LogP contribution is -2.31. The van der Waals surface area contributed by atoms with Gasteiger partial charge in [-0.15, -0.1) is 0 Å². The molecule has 2 aromatic carbocycles. The maximum Gasteiger partial charge on any atom is 0.230 e. The van der Waals surface area contributed by atoms with E-state index in [1.807, 2.05) is 39.0 Å². The number of amides is 1. The molecule has 190 valence electrons. The molecule has 35 heavy (non-hydrogen) atoms. The number of nitrogens with one attached hydrogen (secondary N) is 1. The second-order valence-electron chi connectivity index (χ2n) is 10.7. The van der Waals surface area contributed by atoms with Crippen LogP contribution in [0, 0.1) is 19.3 Å². The lowest BCUT2D eigenvalue weighted by atomic mass is 9.86. The first-order valence-electron chi connectivity index (χ1n) is 12.4. The molecule has 6 heteroatoms. The van der Waals surface area contributed by atoms with Gasteiger partial charge in [-0.1, -0.05) is 26.0 Å². The zero-order chi connectivity index (χ0) is 25.6. The molecule has 0 atom stereocenters. The number of hydrogen-bond donors (Lipinski definition) is 1. The fraction of sp³-hybridized carbons (Fsp3) is 0.517. The normalized spacial score (nSPS) is 14.8. The molecule has 2 aromatic rings. The van der Waals surface area contributed by atoms with Crippen molar-refractivity contribution in [1.82, 2.24) is 0 Å². The van der Waals surface area contributed by atoms with Crippen molar-refractivity contribution in [2.24, 2.45) is 10.4 Å². The first kappa shape index (κ1) is 26.6. The summed E-state index contributed by atoms with van der Waals surface area (Å²) in [6.45, 7) is 13.4. The molecule has 0 fully saturated rings. The highest BCUT2D eigenvalue weighted by Gasteiger charge is 2.28. The minimum atomic E-state index is -0.525. The van der Waals surface area contributed by atoms with Crippen molar-refractivity contribution in [2.75, 3.05) is 25.6 Å². The monoisotopic (exact) mass is 480 g/mol. The van der Waals surface area contributed by atoms with Gasteiger partial charge in [-0.05, 0) is 87.9 Å². The molecule has 1 aliphatic rings. The van der Waals surface area contributed by atoms with Gasteiger partial charge >= 0.3 is 0 Å². The van der Waals surface area contributed by atoms with E-state index in [4.69, 9.17) is 14.2 Å². The number of anilines is 1. The van der Waals surface area contributed by atoms with Crippen molar-refractivity contribution in [1.29, 1.82) is 0 Å². The maximum absolute atomic E-state index is 13.1. The zero-order valence-corrected chi connectivity index (χ0v) is 22.3. The summed E-state index contributed by atoms with van der Waals surface area (Å²) in [5, 5.41) is 3.09. The quantitative estimate of drug-likeness (QED) is 0.385.